The van der Waals surface area contributed by atoms with Crippen molar-refractivity contribution in [3.63, 3.8) is 0 Å². The standard InChI is InChI=1S/C18H16N2O2/c1-11-10-13(8-9-14(11)19-17(21)12-6-7-12)18-20-15-4-2-3-5-16(15)22-18/h2-5,8-10,12H,6-7H2,1H3,(H,19,21). The summed E-state index contributed by atoms with van der Waals surface area (Å²) in [6.07, 6.45) is 2.01. The first-order valence-corrected chi connectivity index (χ1v) is 7.48. The zero-order chi connectivity index (χ0) is 15.1. The van der Waals surface area contributed by atoms with Crippen LogP contribution in [-0.4, -0.2) is 10.9 Å². The number of amides is 1. The van der Waals surface area contributed by atoms with Gasteiger partial charge in [-0.2, -0.15) is 0 Å². The molecule has 1 aromatic heterocycles. The Labute approximate surface area is 128 Å². The summed E-state index contributed by atoms with van der Waals surface area (Å²) in [6.45, 7) is 1.98. The molecule has 3 aromatic rings. The molecule has 0 bridgehead atoms. The highest BCUT2D eigenvalue weighted by atomic mass is 16.3. The number of aryl methyl sites for hydroxylation is 1. The largest absolute Gasteiger partial charge is 0.436 e. The average Bonchev–Trinajstić information content (AvgIpc) is 3.28. The van der Waals surface area contributed by atoms with E-state index in [4.69, 9.17) is 4.42 Å². The fourth-order valence-electron chi connectivity index (χ4n) is 2.51. The second kappa shape index (κ2) is 4.98. The van der Waals surface area contributed by atoms with Gasteiger partial charge in [0.25, 0.3) is 0 Å². The highest BCUT2D eigenvalue weighted by Crippen LogP contribution is 2.32. The smallest absolute Gasteiger partial charge is 0.227 e. The van der Waals surface area contributed by atoms with Crippen molar-refractivity contribution in [3.8, 4) is 11.5 Å². The van der Waals surface area contributed by atoms with Gasteiger partial charge in [0.05, 0.1) is 0 Å². The number of carbonyl (C=O) groups excluding carboxylic acids is 1. The quantitative estimate of drug-likeness (QED) is 0.789. The lowest BCUT2D eigenvalue weighted by atomic mass is 10.1. The third kappa shape index (κ3) is 2.37. The Morgan fingerprint density at radius 1 is 1.23 bits per heavy atom. The van der Waals surface area contributed by atoms with Gasteiger partial charge in [-0.05, 0) is 55.7 Å². The van der Waals surface area contributed by atoms with Crippen LogP contribution in [0.5, 0.6) is 0 Å². The van der Waals surface area contributed by atoms with Crippen LogP contribution in [0.4, 0.5) is 5.69 Å². The summed E-state index contributed by atoms with van der Waals surface area (Å²) in [7, 11) is 0. The number of hydrogen-bond acceptors (Lipinski definition) is 3. The van der Waals surface area contributed by atoms with E-state index >= 15 is 0 Å². The zero-order valence-corrected chi connectivity index (χ0v) is 12.3. The molecule has 4 heteroatoms. The number of hydrogen-bond donors (Lipinski definition) is 1. The molecule has 1 aliphatic rings. The van der Waals surface area contributed by atoms with Crippen molar-refractivity contribution in [1.29, 1.82) is 0 Å². The lowest BCUT2D eigenvalue weighted by molar-refractivity contribution is -0.117. The summed E-state index contributed by atoms with van der Waals surface area (Å²) in [4.78, 5) is 16.4. The van der Waals surface area contributed by atoms with E-state index in [-0.39, 0.29) is 11.8 Å². The minimum atomic E-state index is 0.123. The topological polar surface area (TPSA) is 55.1 Å². The second-order valence-corrected chi connectivity index (χ2v) is 5.78. The van der Waals surface area contributed by atoms with E-state index in [0.717, 1.165) is 40.8 Å². The van der Waals surface area contributed by atoms with Crippen LogP contribution in [0, 0.1) is 12.8 Å². The number of oxazole rings is 1. The Hall–Kier alpha value is -2.62. The lowest BCUT2D eigenvalue weighted by Gasteiger charge is -2.08. The Morgan fingerprint density at radius 2 is 2.05 bits per heavy atom. The molecule has 1 heterocycles. The monoisotopic (exact) mass is 292 g/mol. The maximum absolute atomic E-state index is 11.9. The molecule has 0 aliphatic heterocycles. The number of fused-ring (bicyclic) bond motifs is 1. The number of nitrogens with zero attached hydrogens (tertiary/aromatic N) is 1. The van der Waals surface area contributed by atoms with Gasteiger partial charge in [-0.25, -0.2) is 4.98 Å². The molecule has 110 valence electrons. The molecular formula is C18H16N2O2. The summed E-state index contributed by atoms with van der Waals surface area (Å²) < 4.78 is 5.78. The molecule has 1 amide bonds. The Balaban J connectivity index is 1.64. The van der Waals surface area contributed by atoms with E-state index in [1.54, 1.807) is 0 Å². The van der Waals surface area contributed by atoms with Crippen molar-refractivity contribution in [1.82, 2.24) is 4.98 Å². The van der Waals surface area contributed by atoms with Crippen LogP contribution in [0.1, 0.15) is 18.4 Å². The molecule has 0 unspecified atom stereocenters. The van der Waals surface area contributed by atoms with E-state index in [9.17, 15) is 4.79 Å². The molecule has 1 aliphatic carbocycles. The van der Waals surface area contributed by atoms with Gasteiger partial charge in [-0.1, -0.05) is 12.1 Å². The summed E-state index contributed by atoms with van der Waals surface area (Å²) in [5.41, 5.74) is 4.41. The van der Waals surface area contributed by atoms with Crippen LogP contribution in [0.2, 0.25) is 0 Å². The van der Waals surface area contributed by atoms with Crippen LogP contribution >= 0.6 is 0 Å². The van der Waals surface area contributed by atoms with Gasteiger partial charge in [-0.15, -0.1) is 0 Å². The minimum absolute atomic E-state index is 0.123. The van der Waals surface area contributed by atoms with E-state index < -0.39 is 0 Å². The number of rotatable bonds is 3. The van der Waals surface area contributed by atoms with Crippen LogP contribution in [0.3, 0.4) is 0 Å². The molecule has 0 spiro atoms. The average molecular weight is 292 g/mol. The van der Waals surface area contributed by atoms with E-state index in [1.165, 1.54) is 0 Å². The van der Waals surface area contributed by atoms with Gasteiger partial charge < -0.3 is 9.73 Å². The van der Waals surface area contributed by atoms with Gasteiger partial charge in [-0.3, -0.25) is 4.79 Å². The summed E-state index contributed by atoms with van der Waals surface area (Å²) in [5.74, 6) is 0.929. The van der Waals surface area contributed by atoms with Crippen molar-refractivity contribution in [2.24, 2.45) is 5.92 Å². The van der Waals surface area contributed by atoms with Gasteiger partial charge >= 0.3 is 0 Å². The van der Waals surface area contributed by atoms with Crippen molar-refractivity contribution >= 4 is 22.7 Å². The Morgan fingerprint density at radius 3 is 2.77 bits per heavy atom. The number of carbonyl (C=O) groups is 1. The lowest BCUT2D eigenvalue weighted by Crippen LogP contribution is -2.14. The number of para-hydroxylation sites is 2. The maximum atomic E-state index is 11.9. The van der Waals surface area contributed by atoms with Crippen molar-refractivity contribution in [2.45, 2.75) is 19.8 Å². The van der Waals surface area contributed by atoms with Gasteiger partial charge in [0.2, 0.25) is 11.8 Å². The number of aromatic nitrogens is 1. The number of anilines is 1. The molecule has 1 N–H and O–H groups in total. The first kappa shape index (κ1) is 13.1. The minimum Gasteiger partial charge on any atom is -0.436 e. The highest BCUT2D eigenvalue weighted by molar-refractivity contribution is 5.95. The molecular weight excluding hydrogens is 276 g/mol. The molecule has 0 atom stereocenters. The van der Waals surface area contributed by atoms with E-state index in [1.807, 2.05) is 49.4 Å². The normalized spacial score (nSPS) is 14.2. The molecule has 0 radical (unpaired) electrons. The van der Waals surface area contributed by atoms with Crippen molar-refractivity contribution < 1.29 is 9.21 Å². The van der Waals surface area contributed by atoms with Crippen LogP contribution in [0.25, 0.3) is 22.6 Å². The number of nitrogens with one attached hydrogen (secondary N) is 1. The van der Waals surface area contributed by atoms with Gasteiger partial charge in [0.15, 0.2) is 5.58 Å². The molecule has 1 saturated carbocycles. The molecule has 4 rings (SSSR count). The third-order valence-electron chi connectivity index (χ3n) is 3.97. The second-order valence-electron chi connectivity index (χ2n) is 5.78. The van der Waals surface area contributed by atoms with E-state index in [2.05, 4.69) is 10.3 Å². The number of benzene rings is 2. The molecule has 1 fully saturated rings. The van der Waals surface area contributed by atoms with Gasteiger partial charge in [0.1, 0.15) is 5.52 Å². The van der Waals surface area contributed by atoms with E-state index in [0.29, 0.717) is 5.89 Å². The first-order chi connectivity index (χ1) is 10.7. The fraction of sp³-hybridized carbons (Fsp3) is 0.222. The van der Waals surface area contributed by atoms with Crippen molar-refractivity contribution in [2.75, 3.05) is 5.32 Å². The molecule has 0 saturated heterocycles. The van der Waals surface area contributed by atoms with Crippen LogP contribution in [0.15, 0.2) is 46.9 Å². The third-order valence-corrected chi connectivity index (χ3v) is 3.97. The maximum Gasteiger partial charge on any atom is 0.227 e. The summed E-state index contributed by atoms with van der Waals surface area (Å²) >= 11 is 0. The first-order valence-electron chi connectivity index (χ1n) is 7.48. The predicted octanol–water partition coefficient (Wildman–Crippen LogP) is 4.15. The SMILES string of the molecule is Cc1cc(-c2nc3ccccc3o2)ccc1NC(=O)C1CC1. The van der Waals surface area contributed by atoms with Crippen LogP contribution < -0.4 is 5.32 Å². The molecule has 22 heavy (non-hydrogen) atoms. The predicted molar refractivity (Wildman–Crippen MR) is 85.5 cm³/mol. The van der Waals surface area contributed by atoms with Crippen LogP contribution in [-0.2, 0) is 4.79 Å². The zero-order valence-electron chi connectivity index (χ0n) is 12.3. The summed E-state index contributed by atoms with van der Waals surface area (Å²) in [6, 6.07) is 13.5. The van der Waals surface area contributed by atoms with Gasteiger partial charge in [0, 0.05) is 17.2 Å². The summed E-state index contributed by atoms with van der Waals surface area (Å²) in [5, 5.41) is 2.99. The Kier molecular flexibility index (Phi) is 2.96. The molecule has 4 nitrogen and oxygen atoms in total. The molecule has 2 aromatic carbocycles. The Bertz CT molecular complexity index is 829. The van der Waals surface area contributed by atoms with Crippen molar-refractivity contribution in [3.05, 3.63) is 48.0 Å². The fourth-order valence-corrected chi connectivity index (χ4v) is 2.51. The highest BCUT2D eigenvalue weighted by Gasteiger charge is 2.29.